The van der Waals surface area contributed by atoms with Crippen molar-refractivity contribution in [2.75, 3.05) is 5.32 Å². The Kier molecular flexibility index (Phi) is 5.11. The molecular formula is C15H20F2N2O3. The molecule has 0 aliphatic heterocycles. The lowest BCUT2D eigenvalue weighted by Crippen LogP contribution is -2.53. The van der Waals surface area contributed by atoms with Crippen LogP contribution in [0, 0.1) is 11.6 Å². The van der Waals surface area contributed by atoms with Gasteiger partial charge in [0.15, 0.2) is 0 Å². The minimum Gasteiger partial charge on any atom is -0.444 e. The predicted octanol–water partition coefficient (Wildman–Crippen LogP) is 3.21. The summed E-state index contributed by atoms with van der Waals surface area (Å²) in [6.07, 6.45) is -0.771. The SMILES string of the molecule is CC(C)(C)OC(=O)NC(C)(C)C(=O)Nc1ccc(F)cc1F. The molecule has 22 heavy (non-hydrogen) atoms. The van der Waals surface area contributed by atoms with Crippen LogP contribution in [-0.4, -0.2) is 23.1 Å². The maximum absolute atomic E-state index is 13.5. The highest BCUT2D eigenvalue weighted by atomic mass is 19.1. The van der Waals surface area contributed by atoms with Gasteiger partial charge in [-0.25, -0.2) is 13.6 Å². The number of alkyl carbamates (subject to hydrolysis) is 1. The van der Waals surface area contributed by atoms with Crippen molar-refractivity contribution in [1.82, 2.24) is 5.32 Å². The van der Waals surface area contributed by atoms with E-state index in [4.69, 9.17) is 4.74 Å². The summed E-state index contributed by atoms with van der Waals surface area (Å²) in [4.78, 5) is 23.8. The molecule has 0 fully saturated rings. The number of anilines is 1. The second kappa shape index (κ2) is 6.29. The van der Waals surface area contributed by atoms with Gasteiger partial charge in [-0.1, -0.05) is 0 Å². The molecule has 1 aromatic carbocycles. The smallest absolute Gasteiger partial charge is 0.408 e. The first-order chi connectivity index (χ1) is 9.90. The summed E-state index contributed by atoms with van der Waals surface area (Å²) < 4.78 is 31.4. The summed E-state index contributed by atoms with van der Waals surface area (Å²) in [6.45, 7) is 7.94. The molecule has 0 bridgehead atoms. The van der Waals surface area contributed by atoms with E-state index in [1.165, 1.54) is 13.8 Å². The Morgan fingerprint density at radius 1 is 1.09 bits per heavy atom. The van der Waals surface area contributed by atoms with Crippen LogP contribution >= 0.6 is 0 Å². The number of hydrogen-bond donors (Lipinski definition) is 2. The number of carbonyl (C=O) groups is 2. The molecule has 0 unspecified atom stereocenters. The highest BCUT2D eigenvalue weighted by Gasteiger charge is 2.32. The molecule has 0 saturated heterocycles. The number of benzene rings is 1. The van der Waals surface area contributed by atoms with E-state index >= 15 is 0 Å². The fraction of sp³-hybridized carbons (Fsp3) is 0.467. The molecule has 1 rings (SSSR count). The highest BCUT2D eigenvalue weighted by Crippen LogP contribution is 2.17. The lowest BCUT2D eigenvalue weighted by molar-refractivity contribution is -0.121. The van der Waals surface area contributed by atoms with Crippen LogP contribution in [0.5, 0.6) is 0 Å². The summed E-state index contributed by atoms with van der Waals surface area (Å²) >= 11 is 0. The zero-order valence-electron chi connectivity index (χ0n) is 13.2. The molecule has 0 aliphatic rings. The van der Waals surface area contributed by atoms with Crippen molar-refractivity contribution in [3.63, 3.8) is 0 Å². The van der Waals surface area contributed by atoms with Gasteiger partial charge in [-0.3, -0.25) is 4.79 Å². The van der Waals surface area contributed by atoms with Crippen LogP contribution in [0.4, 0.5) is 19.3 Å². The van der Waals surface area contributed by atoms with Gasteiger partial charge >= 0.3 is 6.09 Å². The van der Waals surface area contributed by atoms with Crippen molar-refractivity contribution in [2.45, 2.75) is 45.8 Å². The molecule has 2 amide bonds. The summed E-state index contributed by atoms with van der Waals surface area (Å²) in [5.74, 6) is -2.31. The normalized spacial score (nSPS) is 11.8. The lowest BCUT2D eigenvalue weighted by atomic mass is 10.0. The first-order valence-corrected chi connectivity index (χ1v) is 6.68. The van der Waals surface area contributed by atoms with E-state index < -0.39 is 34.8 Å². The highest BCUT2D eigenvalue weighted by molar-refractivity contribution is 5.99. The van der Waals surface area contributed by atoms with E-state index in [-0.39, 0.29) is 5.69 Å². The molecule has 0 atom stereocenters. The number of amides is 2. The summed E-state index contributed by atoms with van der Waals surface area (Å²) in [7, 11) is 0. The molecule has 0 heterocycles. The number of carbonyl (C=O) groups excluding carboxylic acids is 2. The lowest BCUT2D eigenvalue weighted by Gasteiger charge is -2.27. The quantitative estimate of drug-likeness (QED) is 0.900. The molecule has 0 radical (unpaired) electrons. The van der Waals surface area contributed by atoms with Crippen LogP contribution < -0.4 is 10.6 Å². The Morgan fingerprint density at radius 2 is 1.68 bits per heavy atom. The van der Waals surface area contributed by atoms with E-state index in [0.29, 0.717) is 6.07 Å². The van der Waals surface area contributed by atoms with Crippen molar-refractivity contribution in [2.24, 2.45) is 0 Å². The van der Waals surface area contributed by atoms with Gasteiger partial charge < -0.3 is 15.4 Å². The molecule has 0 aromatic heterocycles. The fourth-order valence-corrected chi connectivity index (χ4v) is 1.48. The molecule has 5 nitrogen and oxygen atoms in total. The van der Waals surface area contributed by atoms with Gasteiger partial charge in [0.2, 0.25) is 5.91 Å². The van der Waals surface area contributed by atoms with Gasteiger partial charge in [0.25, 0.3) is 0 Å². The zero-order chi connectivity index (χ0) is 17.1. The largest absolute Gasteiger partial charge is 0.444 e. The molecular weight excluding hydrogens is 294 g/mol. The van der Waals surface area contributed by atoms with Crippen molar-refractivity contribution in [1.29, 1.82) is 0 Å². The van der Waals surface area contributed by atoms with Crippen LogP contribution in [0.2, 0.25) is 0 Å². The molecule has 7 heteroatoms. The van der Waals surface area contributed by atoms with E-state index in [2.05, 4.69) is 10.6 Å². The van der Waals surface area contributed by atoms with E-state index in [1.807, 2.05) is 0 Å². The minimum absolute atomic E-state index is 0.175. The van der Waals surface area contributed by atoms with Crippen LogP contribution in [0.3, 0.4) is 0 Å². The minimum atomic E-state index is -1.34. The Balaban J connectivity index is 2.76. The van der Waals surface area contributed by atoms with Crippen molar-refractivity contribution < 1.29 is 23.1 Å². The van der Waals surface area contributed by atoms with Crippen LogP contribution in [0.25, 0.3) is 0 Å². The summed E-state index contributed by atoms with van der Waals surface area (Å²) in [5.41, 5.74) is -2.23. The molecule has 0 aliphatic carbocycles. The summed E-state index contributed by atoms with van der Waals surface area (Å²) in [6, 6.07) is 2.78. The number of nitrogens with one attached hydrogen (secondary N) is 2. The number of ether oxygens (including phenoxy) is 1. The zero-order valence-corrected chi connectivity index (χ0v) is 13.2. The first-order valence-electron chi connectivity index (χ1n) is 6.68. The van der Waals surface area contributed by atoms with Crippen LogP contribution in [0.1, 0.15) is 34.6 Å². The topological polar surface area (TPSA) is 67.4 Å². The maximum Gasteiger partial charge on any atom is 0.408 e. The van der Waals surface area contributed by atoms with E-state index in [1.54, 1.807) is 20.8 Å². The Bertz CT molecular complexity index is 581. The summed E-state index contributed by atoms with van der Waals surface area (Å²) in [5, 5.41) is 4.69. The van der Waals surface area contributed by atoms with Gasteiger partial charge in [0, 0.05) is 6.07 Å². The maximum atomic E-state index is 13.5. The van der Waals surface area contributed by atoms with Crippen molar-refractivity contribution >= 4 is 17.7 Å². The van der Waals surface area contributed by atoms with Gasteiger partial charge in [-0.2, -0.15) is 0 Å². The van der Waals surface area contributed by atoms with Crippen molar-refractivity contribution in [3.8, 4) is 0 Å². The second-order valence-electron chi connectivity index (χ2n) is 6.33. The first kappa shape index (κ1) is 17.9. The predicted molar refractivity (Wildman–Crippen MR) is 78.4 cm³/mol. The third-order valence-electron chi connectivity index (χ3n) is 2.56. The molecule has 122 valence electrons. The van der Waals surface area contributed by atoms with Gasteiger partial charge in [0.05, 0.1) is 5.69 Å². The average molecular weight is 314 g/mol. The second-order valence-corrected chi connectivity index (χ2v) is 6.33. The standard InChI is InChI=1S/C15H20F2N2O3/c1-14(2,3)22-13(21)19-15(4,5)12(20)18-11-7-6-9(16)8-10(11)17/h6-8H,1-5H3,(H,18,20)(H,19,21). The van der Waals surface area contributed by atoms with Gasteiger partial charge in [-0.05, 0) is 46.8 Å². The third-order valence-corrected chi connectivity index (χ3v) is 2.56. The Hall–Kier alpha value is -2.18. The molecule has 0 saturated carbocycles. The number of hydrogen-bond acceptors (Lipinski definition) is 3. The van der Waals surface area contributed by atoms with Crippen LogP contribution in [0.15, 0.2) is 18.2 Å². The van der Waals surface area contributed by atoms with Crippen molar-refractivity contribution in [3.05, 3.63) is 29.8 Å². The molecule has 2 N–H and O–H groups in total. The number of rotatable bonds is 3. The van der Waals surface area contributed by atoms with Gasteiger partial charge in [0.1, 0.15) is 22.8 Å². The van der Waals surface area contributed by atoms with Crippen LogP contribution in [-0.2, 0) is 9.53 Å². The molecule has 0 spiro atoms. The number of halogens is 2. The Morgan fingerprint density at radius 3 is 2.18 bits per heavy atom. The third kappa shape index (κ3) is 5.31. The Labute approximate surface area is 128 Å². The molecule has 1 aromatic rings. The van der Waals surface area contributed by atoms with Gasteiger partial charge in [-0.15, -0.1) is 0 Å². The van der Waals surface area contributed by atoms with E-state index in [9.17, 15) is 18.4 Å². The van der Waals surface area contributed by atoms with E-state index in [0.717, 1.165) is 12.1 Å². The fourth-order valence-electron chi connectivity index (χ4n) is 1.48. The average Bonchev–Trinajstić information content (AvgIpc) is 2.29. The monoisotopic (exact) mass is 314 g/mol.